The molecule has 0 radical (unpaired) electrons. The number of rotatable bonds is 2. The van der Waals surface area contributed by atoms with Crippen molar-refractivity contribution >= 4 is 0 Å². The van der Waals surface area contributed by atoms with E-state index in [9.17, 15) is 5.11 Å². The van der Waals surface area contributed by atoms with E-state index in [0.29, 0.717) is 12.0 Å². The Morgan fingerprint density at radius 1 is 1.41 bits per heavy atom. The molecule has 5 atom stereocenters. The van der Waals surface area contributed by atoms with Crippen LogP contribution in [0.3, 0.4) is 0 Å². The molecule has 2 fully saturated rings. The van der Waals surface area contributed by atoms with Gasteiger partial charge in [-0.1, -0.05) is 18.2 Å². The third kappa shape index (κ3) is 1.40. The molecule has 1 N–H and O–H groups in total. The van der Waals surface area contributed by atoms with Crippen molar-refractivity contribution < 1.29 is 9.84 Å². The van der Waals surface area contributed by atoms with E-state index in [-0.39, 0.29) is 17.6 Å². The molecular weight excluding hydrogens is 274 g/mol. The number of benzene rings is 1. The van der Waals surface area contributed by atoms with E-state index in [1.165, 1.54) is 11.1 Å². The van der Waals surface area contributed by atoms with Crippen LogP contribution in [0.1, 0.15) is 30.4 Å². The van der Waals surface area contributed by atoms with Crippen molar-refractivity contribution in [3.05, 3.63) is 42.0 Å². The van der Waals surface area contributed by atoms with Crippen LogP contribution in [0.4, 0.5) is 0 Å². The predicted molar refractivity (Wildman–Crippen MR) is 85.1 cm³/mol. The zero-order valence-electron chi connectivity index (χ0n) is 12.9. The largest absolute Gasteiger partial charge is 0.486 e. The van der Waals surface area contributed by atoms with Crippen LogP contribution in [0, 0.1) is 5.92 Å². The second kappa shape index (κ2) is 4.36. The Labute approximate surface area is 131 Å². The first-order chi connectivity index (χ1) is 10.8. The fourth-order valence-electron chi connectivity index (χ4n) is 5.96. The van der Waals surface area contributed by atoms with Gasteiger partial charge in [-0.2, -0.15) is 0 Å². The Bertz CT molecular complexity index is 642. The Kier molecular flexibility index (Phi) is 2.61. The Balaban J connectivity index is 1.71. The molecule has 0 unspecified atom stereocenters. The lowest BCUT2D eigenvalue weighted by atomic mass is 9.51. The highest BCUT2D eigenvalue weighted by atomic mass is 16.5. The highest BCUT2D eigenvalue weighted by Crippen LogP contribution is 2.62. The SMILES string of the molecule is C=CCN1CC[C@]23c4c5cccc4O[C@H]2[C@H](O)CC[C@H]3[C@H]1C5. The molecule has 2 aliphatic heterocycles. The standard InChI is InChI=1S/C19H23NO2/c1-2-9-20-10-8-19-13-6-7-15(21)18(19)22-16-5-3-4-12(17(16)19)11-14(13)20/h2-5,13-15,18,21H,1,6-11H2/t13-,14+,15+,18-,19-/m0/s1. The molecule has 3 nitrogen and oxygen atoms in total. The van der Waals surface area contributed by atoms with Crippen molar-refractivity contribution in [2.24, 2.45) is 5.92 Å². The second-order valence-corrected chi connectivity index (χ2v) is 7.43. The number of ether oxygens (including phenoxy) is 1. The van der Waals surface area contributed by atoms with E-state index in [0.717, 1.165) is 44.5 Å². The second-order valence-electron chi connectivity index (χ2n) is 7.43. The minimum atomic E-state index is -0.318. The van der Waals surface area contributed by atoms with Crippen molar-refractivity contribution in [1.82, 2.24) is 4.90 Å². The zero-order chi connectivity index (χ0) is 14.9. The molecule has 4 aliphatic rings. The first-order valence-corrected chi connectivity index (χ1v) is 8.58. The van der Waals surface area contributed by atoms with Gasteiger partial charge in [0.25, 0.3) is 0 Å². The quantitative estimate of drug-likeness (QED) is 0.850. The summed E-state index contributed by atoms with van der Waals surface area (Å²) < 4.78 is 6.30. The van der Waals surface area contributed by atoms with Gasteiger partial charge in [0, 0.05) is 23.6 Å². The lowest BCUT2D eigenvalue weighted by Crippen LogP contribution is -2.66. The van der Waals surface area contributed by atoms with E-state index >= 15 is 0 Å². The molecule has 116 valence electrons. The minimum absolute atomic E-state index is 0.0314. The van der Waals surface area contributed by atoms with Crippen LogP contribution >= 0.6 is 0 Å². The molecule has 5 rings (SSSR count). The molecule has 1 aromatic carbocycles. The van der Waals surface area contributed by atoms with Crippen LogP contribution in [-0.2, 0) is 11.8 Å². The molecular formula is C19H23NO2. The van der Waals surface area contributed by atoms with Crippen molar-refractivity contribution in [1.29, 1.82) is 0 Å². The predicted octanol–water partition coefficient (Wildman–Crippen LogP) is 2.27. The Morgan fingerprint density at radius 3 is 3.18 bits per heavy atom. The van der Waals surface area contributed by atoms with Gasteiger partial charge in [0.05, 0.1) is 6.10 Å². The van der Waals surface area contributed by atoms with E-state index in [1.807, 2.05) is 6.08 Å². The number of piperidine rings is 1. The maximum Gasteiger partial charge on any atom is 0.135 e. The minimum Gasteiger partial charge on any atom is -0.486 e. The first kappa shape index (κ1) is 13.1. The molecule has 2 bridgehead atoms. The number of nitrogens with zero attached hydrogens (tertiary/aromatic N) is 1. The summed E-state index contributed by atoms with van der Waals surface area (Å²) in [6, 6.07) is 7.06. The summed E-state index contributed by atoms with van der Waals surface area (Å²) in [5.41, 5.74) is 2.95. The number of aliphatic hydroxyl groups is 1. The van der Waals surface area contributed by atoms with Crippen molar-refractivity contribution in [2.45, 2.75) is 49.3 Å². The third-order valence-corrected chi connectivity index (χ3v) is 6.66. The van der Waals surface area contributed by atoms with Crippen LogP contribution in [0.25, 0.3) is 0 Å². The van der Waals surface area contributed by atoms with Gasteiger partial charge in [0.15, 0.2) is 0 Å². The number of hydrogen-bond donors (Lipinski definition) is 1. The lowest BCUT2D eigenvalue weighted by Gasteiger charge is -2.59. The van der Waals surface area contributed by atoms with Crippen LogP contribution < -0.4 is 4.74 Å². The molecule has 1 spiro atoms. The Hall–Kier alpha value is -1.32. The summed E-state index contributed by atoms with van der Waals surface area (Å²) in [6.45, 7) is 6.00. The van der Waals surface area contributed by atoms with Crippen molar-refractivity contribution in [2.75, 3.05) is 13.1 Å². The highest BCUT2D eigenvalue weighted by Gasteiger charge is 2.64. The van der Waals surface area contributed by atoms with Gasteiger partial charge < -0.3 is 9.84 Å². The monoisotopic (exact) mass is 297 g/mol. The lowest BCUT2D eigenvalue weighted by molar-refractivity contribution is -0.102. The van der Waals surface area contributed by atoms with Crippen LogP contribution in [-0.4, -0.2) is 41.3 Å². The summed E-state index contributed by atoms with van der Waals surface area (Å²) in [7, 11) is 0. The molecule has 3 heteroatoms. The molecule has 2 aliphatic carbocycles. The van der Waals surface area contributed by atoms with Gasteiger partial charge in [-0.05, 0) is 49.8 Å². The molecule has 0 aromatic heterocycles. The number of hydrogen-bond acceptors (Lipinski definition) is 3. The summed E-state index contributed by atoms with van der Waals surface area (Å²) in [4.78, 5) is 2.60. The van der Waals surface area contributed by atoms with Gasteiger partial charge >= 0.3 is 0 Å². The van der Waals surface area contributed by atoms with E-state index in [2.05, 4.69) is 29.7 Å². The summed E-state index contributed by atoms with van der Waals surface area (Å²) >= 11 is 0. The van der Waals surface area contributed by atoms with Gasteiger partial charge in [-0.15, -0.1) is 6.58 Å². The molecule has 2 heterocycles. The van der Waals surface area contributed by atoms with Crippen LogP contribution in [0.2, 0.25) is 0 Å². The maximum absolute atomic E-state index is 10.6. The summed E-state index contributed by atoms with van der Waals surface area (Å²) in [6.07, 6.45) is 5.90. The molecule has 1 saturated heterocycles. The molecule has 22 heavy (non-hydrogen) atoms. The van der Waals surface area contributed by atoms with Gasteiger partial charge in [-0.3, -0.25) is 4.90 Å². The summed E-state index contributed by atoms with van der Waals surface area (Å²) in [5, 5.41) is 10.6. The summed E-state index contributed by atoms with van der Waals surface area (Å²) in [5.74, 6) is 1.66. The fraction of sp³-hybridized carbons (Fsp3) is 0.579. The maximum atomic E-state index is 10.6. The van der Waals surface area contributed by atoms with Crippen molar-refractivity contribution in [3.8, 4) is 5.75 Å². The first-order valence-electron chi connectivity index (χ1n) is 8.58. The van der Waals surface area contributed by atoms with Gasteiger partial charge in [-0.25, -0.2) is 0 Å². The van der Waals surface area contributed by atoms with E-state index < -0.39 is 0 Å². The van der Waals surface area contributed by atoms with Gasteiger partial charge in [0.2, 0.25) is 0 Å². The van der Waals surface area contributed by atoms with E-state index in [1.54, 1.807) is 0 Å². The number of aliphatic hydroxyl groups excluding tert-OH is 1. The average molecular weight is 297 g/mol. The molecule has 0 amide bonds. The Morgan fingerprint density at radius 2 is 2.32 bits per heavy atom. The number of likely N-dealkylation sites (tertiary alicyclic amines) is 1. The molecule has 1 saturated carbocycles. The average Bonchev–Trinajstić information content (AvgIpc) is 2.86. The van der Waals surface area contributed by atoms with Crippen LogP contribution in [0.15, 0.2) is 30.9 Å². The van der Waals surface area contributed by atoms with E-state index in [4.69, 9.17) is 4.74 Å². The smallest absolute Gasteiger partial charge is 0.135 e. The third-order valence-electron chi connectivity index (χ3n) is 6.66. The van der Waals surface area contributed by atoms with Gasteiger partial charge in [0.1, 0.15) is 11.9 Å². The normalized spacial score (nSPS) is 41.7. The topological polar surface area (TPSA) is 32.7 Å². The zero-order valence-corrected chi connectivity index (χ0v) is 12.9. The molecule has 1 aromatic rings. The van der Waals surface area contributed by atoms with Crippen molar-refractivity contribution in [3.63, 3.8) is 0 Å². The van der Waals surface area contributed by atoms with Crippen LogP contribution in [0.5, 0.6) is 5.75 Å². The fourth-order valence-corrected chi connectivity index (χ4v) is 5.96. The highest BCUT2D eigenvalue weighted by molar-refractivity contribution is 5.55.